The molecule has 0 amide bonds. The molecule has 3 nitrogen and oxygen atoms in total. The summed E-state index contributed by atoms with van der Waals surface area (Å²) in [6, 6.07) is 14.7. The molecule has 5 heteroatoms. The van der Waals surface area contributed by atoms with Crippen LogP contribution in [-0.2, 0) is 6.54 Å². The Hall–Kier alpha value is -1.91. The van der Waals surface area contributed by atoms with E-state index in [0.717, 1.165) is 37.7 Å². The molecule has 0 unspecified atom stereocenters. The highest BCUT2D eigenvalue weighted by Crippen LogP contribution is 2.13. The van der Waals surface area contributed by atoms with E-state index in [1.165, 1.54) is 16.5 Å². The Morgan fingerprint density at radius 3 is 2.52 bits per heavy atom. The van der Waals surface area contributed by atoms with Crippen LogP contribution >= 0.6 is 11.6 Å². The van der Waals surface area contributed by atoms with Crippen LogP contribution in [-0.4, -0.2) is 37.4 Å². The lowest BCUT2D eigenvalue weighted by Gasteiger charge is -2.30. The molecule has 0 saturated carbocycles. The molecule has 2 aromatic carbocycles. The van der Waals surface area contributed by atoms with E-state index < -0.39 is 0 Å². The molecule has 1 fully saturated rings. The zero-order valence-electron chi connectivity index (χ0n) is 12.9. The average Bonchev–Trinajstić information content (AvgIpc) is 2.57. The molecule has 23 heavy (non-hydrogen) atoms. The van der Waals surface area contributed by atoms with Gasteiger partial charge in [-0.05, 0) is 12.1 Å². The largest absolute Gasteiger partial charge is 0.328 e. The van der Waals surface area contributed by atoms with Crippen LogP contribution in [0.4, 0.5) is 4.39 Å². The molecule has 0 aromatic heterocycles. The molecule has 1 aliphatic heterocycles. The van der Waals surface area contributed by atoms with Crippen LogP contribution in [0.3, 0.4) is 0 Å². The minimum absolute atomic E-state index is 0.237. The Balaban J connectivity index is 1.53. The summed E-state index contributed by atoms with van der Waals surface area (Å²) in [7, 11) is 0. The zero-order valence-corrected chi connectivity index (χ0v) is 13.6. The van der Waals surface area contributed by atoms with E-state index in [1.807, 2.05) is 29.3 Å². The van der Waals surface area contributed by atoms with Gasteiger partial charge in [-0.3, -0.25) is 5.01 Å². The molecule has 1 saturated heterocycles. The van der Waals surface area contributed by atoms with E-state index in [9.17, 15) is 4.39 Å². The van der Waals surface area contributed by atoms with Crippen molar-refractivity contribution in [1.82, 2.24) is 5.01 Å². The number of nitrogens with zero attached hydrogens (tertiary/aromatic N) is 2. The van der Waals surface area contributed by atoms with Crippen LogP contribution < -0.4 is 4.90 Å². The first-order chi connectivity index (χ1) is 11.2. The predicted octanol–water partition coefficient (Wildman–Crippen LogP) is 2.21. The first kappa shape index (κ1) is 16.0. The van der Waals surface area contributed by atoms with Crippen molar-refractivity contribution in [2.45, 2.75) is 6.54 Å². The maximum atomic E-state index is 13.6. The van der Waals surface area contributed by atoms with Crippen molar-refractivity contribution in [2.24, 2.45) is 5.10 Å². The van der Waals surface area contributed by atoms with Crippen molar-refractivity contribution in [3.63, 3.8) is 0 Å². The highest BCUT2D eigenvalue weighted by molar-refractivity contribution is 6.31. The molecule has 0 spiro atoms. The standard InChI is InChI=1S/C18H19ClFN3/c19-17-7-3-1-6-16(17)14-22-9-11-23(12-10-22)21-13-15-5-2-4-8-18(15)20/h1-8,13H,9-12,14H2/p+1/b21-13-. The molecule has 0 atom stereocenters. The summed E-state index contributed by atoms with van der Waals surface area (Å²) >= 11 is 6.22. The number of hydrogen-bond donors (Lipinski definition) is 1. The van der Waals surface area contributed by atoms with Crippen molar-refractivity contribution in [1.29, 1.82) is 0 Å². The van der Waals surface area contributed by atoms with Crippen molar-refractivity contribution in [2.75, 3.05) is 26.2 Å². The smallest absolute Gasteiger partial charge is 0.132 e. The van der Waals surface area contributed by atoms with Gasteiger partial charge in [0.2, 0.25) is 0 Å². The van der Waals surface area contributed by atoms with Crippen LogP contribution in [0.5, 0.6) is 0 Å². The fourth-order valence-electron chi connectivity index (χ4n) is 2.74. The fraction of sp³-hybridized carbons (Fsp3) is 0.278. The van der Waals surface area contributed by atoms with E-state index in [0.29, 0.717) is 5.56 Å². The fourth-order valence-corrected chi connectivity index (χ4v) is 2.94. The summed E-state index contributed by atoms with van der Waals surface area (Å²) in [6.07, 6.45) is 1.61. The maximum Gasteiger partial charge on any atom is 0.132 e. The third kappa shape index (κ3) is 4.30. The van der Waals surface area contributed by atoms with Crippen LogP contribution in [0, 0.1) is 5.82 Å². The van der Waals surface area contributed by atoms with Gasteiger partial charge in [-0.2, -0.15) is 5.10 Å². The van der Waals surface area contributed by atoms with Gasteiger partial charge in [0, 0.05) is 16.1 Å². The topological polar surface area (TPSA) is 20.0 Å². The number of benzene rings is 2. The Kier molecular flexibility index (Phi) is 5.26. The number of hydrazone groups is 1. The maximum absolute atomic E-state index is 13.6. The quantitative estimate of drug-likeness (QED) is 0.851. The van der Waals surface area contributed by atoms with Crippen molar-refractivity contribution < 1.29 is 9.29 Å². The second-order valence-corrected chi connectivity index (χ2v) is 6.15. The average molecular weight is 333 g/mol. The molecule has 3 rings (SSSR count). The van der Waals surface area contributed by atoms with Crippen LogP contribution in [0.25, 0.3) is 0 Å². The summed E-state index contributed by atoms with van der Waals surface area (Å²) in [4.78, 5) is 1.50. The van der Waals surface area contributed by atoms with E-state index in [1.54, 1.807) is 18.3 Å². The molecule has 0 radical (unpaired) electrons. The summed E-state index contributed by atoms with van der Waals surface area (Å²) in [6.45, 7) is 4.67. The number of nitrogens with one attached hydrogen (secondary N) is 1. The Morgan fingerprint density at radius 2 is 1.78 bits per heavy atom. The highest BCUT2D eigenvalue weighted by Gasteiger charge is 2.19. The normalized spacial score (nSPS) is 16.2. The highest BCUT2D eigenvalue weighted by atomic mass is 35.5. The summed E-state index contributed by atoms with van der Waals surface area (Å²) < 4.78 is 13.6. The lowest BCUT2D eigenvalue weighted by Crippen LogP contribution is -3.13. The number of halogens is 2. The van der Waals surface area contributed by atoms with Gasteiger partial charge in [-0.1, -0.05) is 48.0 Å². The Bertz CT molecular complexity index is 681. The Morgan fingerprint density at radius 1 is 1.09 bits per heavy atom. The van der Waals surface area contributed by atoms with Gasteiger partial charge in [-0.25, -0.2) is 4.39 Å². The molecule has 120 valence electrons. The van der Waals surface area contributed by atoms with Crippen LogP contribution in [0.15, 0.2) is 53.6 Å². The van der Waals surface area contributed by atoms with Gasteiger partial charge in [-0.15, -0.1) is 0 Å². The number of hydrogen-bond acceptors (Lipinski definition) is 2. The number of rotatable bonds is 4. The molecule has 1 aliphatic rings. The van der Waals surface area contributed by atoms with Crippen molar-refractivity contribution >= 4 is 17.8 Å². The third-order valence-electron chi connectivity index (χ3n) is 4.11. The van der Waals surface area contributed by atoms with Gasteiger partial charge < -0.3 is 4.90 Å². The Labute approximate surface area is 141 Å². The summed E-state index contributed by atoms with van der Waals surface area (Å²) in [5, 5.41) is 7.24. The summed E-state index contributed by atoms with van der Waals surface area (Å²) in [5.74, 6) is -0.237. The third-order valence-corrected chi connectivity index (χ3v) is 4.48. The molecular weight excluding hydrogens is 313 g/mol. The van der Waals surface area contributed by atoms with Crippen LogP contribution in [0.2, 0.25) is 5.02 Å². The molecular formula is C18H20ClFN3+. The van der Waals surface area contributed by atoms with Crippen LogP contribution in [0.1, 0.15) is 11.1 Å². The van der Waals surface area contributed by atoms with Gasteiger partial charge >= 0.3 is 0 Å². The first-order valence-electron chi connectivity index (χ1n) is 7.83. The number of piperazine rings is 1. The van der Waals surface area contributed by atoms with Gasteiger partial charge in [0.25, 0.3) is 0 Å². The predicted molar refractivity (Wildman–Crippen MR) is 91.4 cm³/mol. The molecule has 0 bridgehead atoms. The second-order valence-electron chi connectivity index (χ2n) is 5.74. The second kappa shape index (κ2) is 7.57. The monoisotopic (exact) mass is 332 g/mol. The molecule has 2 aromatic rings. The lowest BCUT2D eigenvalue weighted by atomic mass is 10.2. The number of quaternary nitrogens is 1. The minimum Gasteiger partial charge on any atom is -0.328 e. The lowest BCUT2D eigenvalue weighted by molar-refractivity contribution is -0.918. The van der Waals surface area contributed by atoms with E-state index in [-0.39, 0.29) is 5.82 Å². The van der Waals surface area contributed by atoms with E-state index in [2.05, 4.69) is 11.2 Å². The van der Waals surface area contributed by atoms with E-state index >= 15 is 0 Å². The van der Waals surface area contributed by atoms with Gasteiger partial charge in [0.1, 0.15) is 12.4 Å². The first-order valence-corrected chi connectivity index (χ1v) is 8.20. The van der Waals surface area contributed by atoms with Gasteiger partial charge in [0.05, 0.1) is 32.4 Å². The van der Waals surface area contributed by atoms with Gasteiger partial charge in [0.15, 0.2) is 0 Å². The van der Waals surface area contributed by atoms with Crippen molar-refractivity contribution in [3.8, 4) is 0 Å². The zero-order chi connectivity index (χ0) is 16.1. The summed E-state index contributed by atoms with van der Waals surface area (Å²) in [5.41, 5.74) is 1.71. The van der Waals surface area contributed by atoms with E-state index in [4.69, 9.17) is 11.6 Å². The molecule has 1 heterocycles. The molecule has 1 N–H and O–H groups in total. The van der Waals surface area contributed by atoms with Crippen molar-refractivity contribution in [3.05, 3.63) is 70.5 Å². The molecule has 0 aliphatic carbocycles. The SMILES string of the molecule is Fc1ccccc1/C=N\N1CC[NH+](Cc2ccccc2Cl)CC1. The minimum atomic E-state index is -0.237.